The van der Waals surface area contributed by atoms with Crippen LogP contribution in [0.1, 0.15) is 18.1 Å². The highest BCUT2D eigenvalue weighted by molar-refractivity contribution is 14.0. The highest BCUT2D eigenvalue weighted by Crippen LogP contribution is 2.14. The van der Waals surface area contributed by atoms with Crippen molar-refractivity contribution in [3.63, 3.8) is 0 Å². The molecule has 0 aliphatic heterocycles. The maximum absolute atomic E-state index is 12.1. The molecule has 0 fully saturated rings. The molecule has 6 nitrogen and oxygen atoms in total. The van der Waals surface area contributed by atoms with E-state index in [4.69, 9.17) is 0 Å². The van der Waals surface area contributed by atoms with Crippen molar-refractivity contribution in [3.8, 4) is 0 Å². The first-order chi connectivity index (χ1) is 11.9. The molecule has 2 aromatic rings. The Labute approximate surface area is 176 Å². The van der Waals surface area contributed by atoms with E-state index in [1.165, 1.54) is 24.0 Å². The molecule has 0 radical (unpaired) electrons. The van der Waals surface area contributed by atoms with Gasteiger partial charge in [0, 0.05) is 27.2 Å². The quantitative estimate of drug-likeness (QED) is 0.343. The minimum absolute atomic E-state index is 0. The molecule has 0 spiro atoms. The fraction of sp³-hybridized carbons (Fsp3) is 0.353. The number of hydrogen-bond donors (Lipinski definition) is 2. The second-order valence-electron chi connectivity index (χ2n) is 5.61. The van der Waals surface area contributed by atoms with E-state index in [0.29, 0.717) is 18.0 Å². The maximum Gasteiger partial charge on any atom is 0.242 e. The lowest BCUT2D eigenvalue weighted by atomic mass is 10.2. The Morgan fingerprint density at radius 2 is 1.81 bits per heavy atom. The number of nitrogens with zero attached hydrogens (tertiary/aromatic N) is 2. The summed E-state index contributed by atoms with van der Waals surface area (Å²) in [6.07, 6.45) is 0. The van der Waals surface area contributed by atoms with E-state index in [9.17, 15) is 8.42 Å². The zero-order chi connectivity index (χ0) is 18.3. The average molecular weight is 508 g/mol. The summed E-state index contributed by atoms with van der Waals surface area (Å²) in [6, 6.07) is 8.93. The van der Waals surface area contributed by atoms with Gasteiger partial charge in [-0.1, -0.05) is 12.1 Å². The van der Waals surface area contributed by atoms with E-state index < -0.39 is 10.0 Å². The highest BCUT2D eigenvalue weighted by Gasteiger charge is 2.16. The molecule has 26 heavy (non-hydrogen) atoms. The molecule has 1 heterocycles. The summed E-state index contributed by atoms with van der Waals surface area (Å²) in [5.41, 5.74) is 2.17. The van der Waals surface area contributed by atoms with Crippen LogP contribution in [0.15, 0.2) is 51.0 Å². The first-order valence-corrected chi connectivity index (χ1v) is 10.4. The molecule has 0 saturated carbocycles. The van der Waals surface area contributed by atoms with Gasteiger partial charge in [-0.25, -0.2) is 17.7 Å². The molecule has 144 valence electrons. The number of rotatable bonds is 7. The van der Waals surface area contributed by atoms with E-state index in [1.54, 1.807) is 23.5 Å². The summed E-state index contributed by atoms with van der Waals surface area (Å²) < 4.78 is 25.4. The summed E-state index contributed by atoms with van der Waals surface area (Å²) >= 11 is 1.66. The number of aliphatic imine (C=N–C) groups is 1. The number of thiophene rings is 1. The minimum Gasteiger partial charge on any atom is -0.357 e. The molecule has 0 saturated heterocycles. The number of hydrogen-bond acceptors (Lipinski definition) is 4. The third-order valence-corrected chi connectivity index (χ3v) is 6.07. The molecule has 0 unspecified atom stereocenters. The van der Waals surface area contributed by atoms with Crippen LogP contribution in [0.3, 0.4) is 0 Å². The van der Waals surface area contributed by atoms with Crippen molar-refractivity contribution in [2.24, 2.45) is 4.99 Å². The molecule has 0 aliphatic carbocycles. The van der Waals surface area contributed by atoms with E-state index in [1.807, 2.05) is 24.4 Å². The fourth-order valence-electron chi connectivity index (χ4n) is 2.07. The highest BCUT2D eigenvalue weighted by atomic mass is 127. The average Bonchev–Trinajstić information content (AvgIpc) is 3.11. The number of sulfonamides is 1. The van der Waals surface area contributed by atoms with E-state index in [0.717, 1.165) is 18.1 Å². The lowest BCUT2D eigenvalue weighted by molar-refractivity contribution is 0.520. The van der Waals surface area contributed by atoms with Gasteiger partial charge in [0.15, 0.2) is 5.96 Å². The molecule has 0 bridgehead atoms. The largest absolute Gasteiger partial charge is 0.357 e. The second-order valence-corrected chi connectivity index (χ2v) is 8.54. The van der Waals surface area contributed by atoms with Crippen LogP contribution in [0, 0.1) is 0 Å². The Balaban J connectivity index is 0.00000338. The zero-order valence-corrected chi connectivity index (χ0v) is 19.1. The predicted molar refractivity (Wildman–Crippen MR) is 119 cm³/mol. The van der Waals surface area contributed by atoms with Crippen molar-refractivity contribution in [2.45, 2.75) is 24.9 Å². The Kier molecular flexibility index (Phi) is 9.55. The third kappa shape index (κ3) is 6.53. The fourth-order valence-corrected chi connectivity index (χ4v) is 3.63. The molecule has 2 N–H and O–H groups in total. The smallest absolute Gasteiger partial charge is 0.242 e. The first-order valence-electron chi connectivity index (χ1n) is 7.98. The molecule has 1 aromatic carbocycles. The van der Waals surface area contributed by atoms with Crippen LogP contribution in [-0.4, -0.2) is 39.3 Å². The van der Waals surface area contributed by atoms with Gasteiger partial charge in [0.25, 0.3) is 0 Å². The SMILES string of the molecule is CCNC(=NCc1ccsc1)NCc1ccc(S(=O)(=O)N(C)C)cc1.I. The summed E-state index contributed by atoms with van der Waals surface area (Å²) in [5.74, 6) is 0.735. The van der Waals surface area contributed by atoms with Gasteiger partial charge >= 0.3 is 0 Å². The molecule has 0 amide bonds. The lowest BCUT2D eigenvalue weighted by Gasteiger charge is -2.13. The van der Waals surface area contributed by atoms with E-state index in [-0.39, 0.29) is 24.0 Å². The summed E-state index contributed by atoms with van der Waals surface area (Å²) in [7, 11) is -0.339. The van der Waals surface area contributed by atoms with Gasteiger partial charge in [-0.2, -0.15) is 11.3 Å². The molecule has 0 atom stereocenters. The number of benzene rings is 1. The predicted octanol–water partition coefficient (Wildman–Crippen LogP) is 2.87. The standard InChI is InChI=1S/C17H24N4O2S2.HI/c1-4-18-17(20-12-15-9-10-24-13-15)19-11-14-5-7-16(8-6-14)25(22,23)21(2)3;/h5-10,13H,4,11-12H2,1-3H3,(H2,18,19,20);1H. The maximum atomic E-state index is 12.1. The minimum atomic E-state index is -3.39. The molecule has 2 rings (SSSR count). The second kappa shape index (κ2) is 10.9. The van der Waals surface area contributed by atoms with Crippen molar-refractivity contribution in [1.29, 1.82) is 0 Å². The van der Waals surface area contributed by atoms with E-state index >= 15 is 0 Å². The van der Waals surface area contributed by atoms with Crippen LogP contribution in [0.25, 0.3) is 0 Å². The van der Waals surface area contributed by atoms with Gasteiger partial charge in [-0.15, -0.1) is 24.0 Å². The van der Waals surface area contributed by atoms with Crippen LogP contribution in [0.2, 0.25) is 0 Å². The van der Waals surface area contributed by atoms with Crippen LogP contribution >= 0.6 is 35.3 Å². The first kappa shape index (κ1) is 22.9. The van der Waals surface area contributed by atoms with Crippen molar-refractivity contribution in [1.82, 2.24) is 14.9 Å². The summed E-state index contributed by atoms with van der Waals surface area (Å²) in [6.45, 7) is 3.98. The topological polar surface area (TPSA) is 73.8 Å². The number of nitrogens with one attached hydrogen (secondary N) is 2. The van der Waals surface area contributed by atoms with Crippen molar-refractivity contribution >= 4 is 51.3 Å². The third-order valence-electron chi connectivity index (χ3n) is 3.51. The Hall–Kier alpha value is -1.17. The van der Waals surface area contributed by atoms with Crippen molar-refractivity contribution in [3.05, 3.63) is 52.2 Å². The Morgan fingerprint density at radius 1 is 1.12 bits per heavy atom. The van der Waals surface area contributed by atoms with Crippen LogP contribution in [0.4, 0.5) is 0 Å². The van der Waals surface area contributed by atoms with Crippen LogP contribution in [0.5, 0.6) is 0 Å². The van der Waals surface area contributed by atoms with Gasteiger partial charge in [0.05, 0.1) is 11.4 Å². The molecule has 1 aromatic heterocycles. The van der Waals surface area contributed by atoms with Gasteiger partial charge < -0.3 is 10.6 Å². The number of guanidine groups is 1. The monoisotopic (exact) mass is 508 g/mol. The lowest BCUT2D eigenvalue weighted by Crippen LogP contribution is -2.36. The van der Waals surface area contributed by atoms with Crippen LogP contribution < -0.4 is 10.6 Å². The Morgan fingerprint density at radius 3 is 2.35 bits per heavy atom. The number of halogens is 1. The summed E-state index contributed by atoms with van der Waals surface area (Å²) in [5, 5.41) is 10.6. The normalized spacial score (nSPS) is 11.9. The summed E-state index contributed by atoms with van der Waals surface area (Å²) in [4.78, 5) is 4.84. The molecular weight excluding hydrogens is 483 g/mol. The molecular formula is C17H25IN4O2S2. The zero-order valence-electron chi connectivity index (χ0n) is 15.1. The van der Waals surface area contributed by atoms with Gasteiger partial charge in [0.1, 0.15) is 0 Å². The van der Waals surface area contributed by atoms with E-state index in [2.05, 4.69) is 27.1 Å². The van der Waals surface area contributed by atoms with Gasteiger partial charge in [-0.05, 0) is 47.0 Å². The van der Waals surface area contributed by atoms with Gasteiger partial charge in [-0.3, -0.25) is 0 Å². The molecule has 0 aliphatic rings. The van der Waals surface area contributed by atoms with Gasteiger partial charge in [0.2, 0.25) is 10.0 Å². The van der Waals surface area contributed by atoms with Crippen molar-refractivity contribution < 1.29 is 8.42 Å². The Bertz CT molecular complexity index is 789. The molecule has 9 heteroatoms. The van der Waals surface area contributed by atoms with Crippen molar-refractivity contribution in [2.75, 3.05) is 20.6 Å². The van der Waals surface area contributed by atoms with Crippen LogP contribution in [-0.2, 0) is 23.1 Å².